The Bertz CT molecular complexity index is 551. The van der Waals surface area contributed by atoms with Gasteiger partial charge in [-0.25, -0.2) is 0 Å². The summed E-state index contributed by atoms with van der Waals surface area (Å²) in [5, 5.41) is 3.34. The van der Waals surface area contributed by atoms with E-state index in [1.807, 2.05) is 4.90 Å². The van der Waals surface area contributed by atoms with Crippen LogP contribution in [0.15, 0.2) is 24.3 Å². The van der Waals surface area contributed by atoms with E-state index in [4.69, 9.17) is 4.74 Å². The van der Waals surface area contributed by atoms with E-state index in [0.717, 1.165) is 44.6 Å². The molecule has 138 valence electrons. The van der Waals surface area contributed by atoms with Gasteiger partial charge in [-0.2, -0.15) is 0 Å². The normalized spacial score (nSPS) is 15.0. The molecule has 5 nitrogen and oxygen atoms in total. The third kappa shape index (κ3) is 5.85. The lowest BCUT2D eigenvalue weighted by Crippen LogP contribution is -2.46. The Kier molecular flexibility index (Phi) is 7.92. The lowest BCUT2D eigenvalue weighted by molar-refractivity contribution is -0.134. The summed E-state index contributed by atoms with van der Waals surface area (Å²) in [4.78, 5) is 26.9. The summed E-state index contributed by atoms with van der Waals surface area (Å²) >= 11 is 0. The summed E-state index contributed by atoms with van der Waals surface area (Å²) in [6.45, 7) is 4.88. The van der Waals surface area contributed by atoms with Gasteiger partial charge in [0.15, 0.2) is 5.78 Å². The minimum absolute atomic E-state index is 0.0827. The van der Waals surface area contributed by atoms with Crippen molar-refractivity contribution in [2.24, 2.45) is 0 Å². The Morgan fingerprint density at radius 3 is 2.44 bits per heavy atom. The monoisotopic (exact) mass is 346 g/mol. The third-order valence-corrected chi connectivity index (χ3v) is 4.74. The van der Waals surface area contributed by atoms with Gasteiger partial charge in [0.05, 0.1) is 7.11 Å². The molecule has 1 aromatic carbocycles. The van der Waals surface area contributed by atoms with Crippen LogP contribution < -0.4 is 10.1 Å². The van der Waals surface area contributed by atoms with Crippen LogP contribution >= 0.6 is 0 Å². The number of nitrogens with zero attached hydrogens (tertiary/aromatic N) is 1. The van der Waals surface area contributed by atoms with Crippen LogP contribution in [0.4, 0.5) is 0 Å². The fraction of sp³-hybridized carbons (Fsp3) is 0.600. The van der Waals surface area contributed by atoms with Gasteiger partial charge < -0.3 is 15.0 Å². The van der Waals surface area contributed by atoms with Gasteiger partial charge in [0, 0.05) is 31.0 Å². The molecule has 2 rings (SSSR count). The molecule has 25 heavy (non-hydrogen) atoms. The zero-order valence-corrected chi connectivity index (χ0v) is 15.4. The second-order valence-corrected chi connectivity index (χ2v) is 6.57. The molecule has 1 fully saturated rings. The first-order valence-corrected chi connectivity index (χ1v) is 9.33. The number of Topliss-reactive ketones (excluding diaryl/α,β-unsaturated/α-hetero) is 1. The van der Waals surface area contributed by atoms with Gasteiger partial charge in [-0.1, -0.05) is 6.92 Å². The molecular formula is C20H30N2O3. The predicted molar refractivity (Wildman–Crippen MR) is 99.1 cm³/mol. The molecule has 1 amide bonds. The van der Waals surface area contributed by atoms with Crippen LogP contribution in [-0.4, -0.2) is 49.4 Å². The first-order valence-electron chi connectivity index (χ1n) is 9.33. The largest absolute Gasteiger partial charge is 0.497 e. The van der Waals surface area contributed by atoms with Crippen molar-refractivity contribution in [2.45, 2.75) is 51.5 Å². The lowest BCUT2D eigenvalue weighted by atomic mass is 10.0. The van der Waals surface area contributed by atoms with Gasteiger partial charge in [0.25, 0.3) is 0 Å². The highest BCUT2D eigenvalue weighted by atomic mass is 16.5. The molecule has 0 aliphatic carbocycles. The van der Waals surface area contributed by atoms with Crippen LogP contribution in [0, 0.1) is 0 Å². The van der Waals surface area contributed by atoms with Crippen molar-refractivity contribution >= 4 is 11.7 Å². The number of ether oxygens (including phenoxy) is 1. The van der Waals surface area contributed by atoms with Gasteiger partial charge in [-0.3, -0.25) is 9.59 Å². The van der Waals surface area contributed by atoms with Crippen LogP contribution in [0.5, 0.6) is 5.75 Å². The molecule has 1 N–H and O–H groups in total. The number of benzene rings is 1. The quantitative estimate of drug-likeness (QED) is 0.698. The highest BCUT2D eigenvalue weighted by molar-refractivity contribution is 5.96. The van der Waals surface area contributed by atoms with Crippen molar-refractivity contribution in [1.82, 2.24) is 10.2 Å². The molecule has 1 heterocycles. The number of piperidine rings is 1. The Balaban J connectivity index is 1.81. The van der Waals surface area contributed by atoms with E-state index in [1.54, 1.807) is 31.4 Å². The highest BCUT2D eigenvalue weighted by Crippen LogP contribution is 2.17. The molecule has 5 heteroatoms. The molecule has 1 aromatic rings. The number of hydrogen-bond acceptors (Lipinski definition) is 4. The third-order valence-electron chi connectivity index (χ3n) is 4.74. The molecule has 0 radical (unpaired) electrons. The number of nitrogens with one attached hydrogen (secondary N) is 1. The fourth-order valence-electron chi connectivity index (χ4n) is 3.34. The Labute approximate surface area is 150 Å². The van der Waals surface area contributed by atoms with Crippen LogP contribution in [0.3, 0.4) is 0 Å². The maximum atomic E-state index is 12.6. The summed E-state index contributed by atoms with van der Waals surface area (Å²) in [6.07, 6.45) is 4.48. The minimum atomic E-state index is 0.0827. The molecule has 1 aliphatic rings. The van der Waals surface area contributed by atoms with Crippen molar-refractivity contribution in [3.63, 3.8) is 0 Å². The average molecular weight is 346 g/mol. The molecule has 0 unspecified atom stereocenters. The standard InChI is InChI=1S/C20H30N2O3/c1-3-15-22(17-11-13-21-14-12-17)20(24)6-4-5-19(23)16-7-9-18(25-2)10-8-16/h7-10,17,21H,3-6,11-15H2,1-2H3. The molecule has 0 aromatic heterocycles. The smallest absolute Gasteiger partial charge is 0.222 e. The molecule has 1 aliphatic heterocycles. The maximum absolute atomic E-state index is 12.6. The van der Waals surface area contributed by atoms with Crippen molar-refractivity contribution in [3.8, 4) is 5.75 Å². The predicted octanol–water partition coefficient (Wildman–Crippen LogP) is 3.04. The lowest BCUT2D eigenvalue weighted by Gasteiger charge is -2.34. The van der Waals surface area contributed by atoms with Crippen LogP contribution in [0.25, 0.3) is 0 Å². The Morgan fingerprint density at radius 1 is 1.16 bits per heavy atom. The van der Waals surface area contributed by atoms with E-state index in [-0.39, 0.29) is 11.7 Å². The van der Waals surface area contributed by atoms with E-state index in [1.165, 1.54) is 0 Å². The number of hydrogen-bond donors (Lipinski definition) is 1. The average Bonchev–Trinajstić information content (AvgIpc) is 2.66. The Morgan fingerprint density at radius 2 is 1.84 bits per heavy atom. The zero-order chi connectivity index (χ0) is 18.1. The number of carbonyl (C=O) groups is 2. The van der Waals surface area contributed by atoms with E-state index in [9.17, 15) is 9.59 Å². The molecule has 1 saturated heterocycles. The number of ketones is 1. The summed E-state index contributed by atoms with van der Waals surface area (Å²) in [7, 11) is 1.60. The van der Waals surface area contributed by atoms with Gasteiger partial charge >= 0.3 is 0 Å². The highest BCUT2D eigenvalue weighted by Gasteiger charge is 2.24. The van der Waals surface area contributed by atoms with Crippen LogP contribution in [0.1, 0.15) is 55.8 Å². The van der Waals surface area contributed by atoms with Crippen molar-refractivity contribution in [2.75, 3.05) is 26.7 Å². The molecule has 0 bridgehead atoms. The van der Waals surface area contributed by atoms with Crippen LogP contribution in [0.2, 0.25) is 0 Å². The molecular weight excluding hydrogens is 316 g/mol. The van der Waals surface area contributed by atoms with Gasteiger partial charge in [-0.05, 0) is 63.0 Å². The van der Waals surface area contributed by atoms with E-state index in [0.29, 0.717) is 30.9 Å². The summed E-state index contributed by atoms with van der Waals surface area (Å²) < 4.78 is 5.10. The van der Waals surface area contributed by atoms with E-state index >= 15 is 0 Å². The second kappa shape index (κ2) is 10.2. The SMILES string of the molecule is CCCN(C(=O)CCCC(=O)c1ccc(OC)cc1)C1CCNCC1. The van der Waals surface area contributed by atoms with Gasteiger partial charge in [0.1, 0.15) is 5.75 Å². The van der Waals surface area contributed by atoms with Crippen molar-refractivity contribution in [3.05, 3.63) is 29.8 Å². The van der Waals surface area contributed by atoms with Crippen LogP contribution in [-0.2, 0) is 4.79 Å². The number of methoxy groups -OCH3 is 1. The van der Waals surface area contributed by atoms with E-state index in [2.05, 4.69) is 12.2 Å². The fourth-order valence-corrected chi connectivity index (χ4v) is 3.34. The van der Waals surface area contributed by atoms with Gasteiger partial charge in [0.2, 0.25) is 5.91 Å². The van der Waals surface area contributed by atoms with Gasteiger partial charge in [-0.15, -0.1) is 0 Å². The molecule has 0 atom stereocenters. The minimum Gasteiger partial charge on any atom is -0.497 e. The first kappa shape index (κ1) is 19.4. The topological polar surface area (TPSA) is 58.6 Å². The number of rotatable bonds is 9. The molecule has 0 spiro atoms. The number of amides is 1. The summed E-state index contributed by atoms with van der Waals surface area (Å²) in [5.74, 6) is 1.01. The zero-order valence-electron chi connectivity index (χ0n) is 15.4. The van der Waals surface area contributed by atoms with Crippen molar-refractivity contribution in [1.29, 1.82) is 0 Å². The Hall–Kier alpha value is -1.88. The van der Waals surface area contributed by atoms with Crippen molar-refractivity contribution < 1.29 is 14.3 Å². The summed E-state index contributed by atoms with van der Waals surface area (Å²) in [5.41, 5.74) is 0.678. The summed E-state index contributed by atoms with van der Waals surface area (Å²) in [6, 6.07) is 7.49. The van der Waals surface area contributed by atoms with E-state index < -0.39 is 0 Å². The maximum Gasteiger partial charge on any atom is 0.222 e. The molecule has 0 saturated carbocycles. The second-order valence-electron chi connectivity index (χ2n) is 6.57. The number of carbonyl (C=O) groups excluding carboxylic acids is 2. The first-order chi connectivity index (χ1) is 12.2.